The Morgan fingerprint density at radius 3 is 1.76 bits per heavy atom. The van der Waals surface area contributed by atoms with Gasteiger partial charge in [-0.25, -0.2) is 4.57 Å². The monoisotopic (exact) mass is 594 g/mol. The number of benzene rings is 1. The van der Waals surface area contributed by atoms with Gasteiger partial charge in [-0.3, -0.25) is 0 Å². The second-order valence-corrected chi connectivity index (χ2v) is 9.35. The molecule has 0 saturated carbocycles. The van der Waals surface area contributed by atoms with Gasteiger partial charge in [0.2, 0.25) is 0 Å². The van der Waals surface area contributed by atoms with E-state index in [1.54, 1.807) is 0 Å². The lowest BCUT2D eigenvalue weighted by Gasteiger charge is -2.15. The van der Waals surface area contributed by atoms with Crippen LogP contribution in [-0.4, -0.2) is 25.0 Å². The Morgan fingerprint density at radius 1 is 0.706 bits per heavy atom. The van der Waals surface area contributed by atoms with Gasteiger partial charge in [-0.1, -0.05) is 101 Å². The molecule has 2 rings (SSSR count). The normalized spacial score (nSPS) is 10.5. The molecule has 1 aromatic carbocycles. The zero-order valence-electron chi connectivity index (χ0n) is 21.5. The summed E-state index contributed by atoms with van der Waals surface area (Å²) < 4.78 is 2.27. The molecule has 34 heavy (non-hydrogen) atoms. The number of aryl methyl sites for hydroxylation is 2. The molecule has 192 valence electrons. The lowest BCUT2D eigenvalue weighted by atomic mass is 10.0. The SMILES string of the molecule is Br.C=Cc1cc[n+](CCCN(C)CCCCCCCCCCCCCc2ccccc2)cc1.[Br-]. The average Bonchev–Trinajstić information content (AvgIpc) is 2.83. The molecule has 4 heteroatoms. The van der Waals surface area contributed by atoms with Crippen molar-refractivity contribution in [2.45, 2.75) is 90.0 Å². The molecule has 0 atom stereocenters. The first-order valence-electron chi connectivity index (χ1n) is 13.1. The van der Waals surface area contributed by atoms with Gasteiger partial charge in [0.1, 0.15) is 6.54 Å². The predicted octanol–water partition coefficient (Wildman–Crippen LogP) is 5.05. The lowest BCUT2D eigenvalue weighted by Crippen LogP contribution is -3.00. The van der Waals surface area contributed by atoms with Crippen LogP contribution in [0.1, 0.15) is 88.2 Å². The van der Waals surface area contributed by atoms with E-state index in [-0.39, 0.29) is 34.0 Å². The van der Waals surface area contributed by atoms with Crippen LogP contribution in [0.2, 0.25) is 0 Å². The number of halogens is 2. The highest BCUT2D eigenvalue weighted by Crippen LogP contribution is 2.13. The van der Waals surface area contributed by atoms with Crippen molar-refractivity contribution < 1.29 is 21.5 Å². The van der Waals surface area contributed by atoms with E-state index in [0.717, 1.165) is 6.54 Å². The smallest absolute Gasteiger partial charge is 0.169 e. The second-order valence-electron chi connectivity index (χ2n) is 9.35. The summed E-state index contributed by atoms with van der Waals surface area (Å²) in [6.07, 6.45) is 24.1. The summed E-state index contributed by atoms with van der Waals surface area (Å²) in [7, 11) is 2.27. The molecule has 0 saturated heterocycles. The zero-order chi connectivity index (χ0) is 22.7. The van der Waals surface area contributed by atoms with Gasteiger partial charge < -0.3 is 21.9 Å². The van der Waals surface area contributed by atoms with Gasteiger partial charge in [0.25, 0.3) is 0 Å². The van der Waals surface area contributed by atoms with Crippen molar-refractivity contribution in [2.75, 3.05) is 20.1 Å². The lowest BCUT2D eigenvalue weighted by molar-refractivity contribution is -0.697. The largest absolute Gasteiger partial charge is 1.00 e. The molecular formula is C30H48Br2N2. The molecule has 0 unspecified atom stereocenters. The number of hydrogen-bond acceptors (Lipinski definition) is 1. The third-order valence-electron chi connectivity index (χ3n) is 6.46. The molecule has 0 spiro atoms. The Bertz CT molecular complexity index is 704. The highest BCUT2D eigenvalue weighted by molar-refractivity contribution is 8.93. The van der Waals surface area contributed by atoms with E-state index in [9.17, 15) is 0 Å². The first-order chi connectivity index (χ1) is 15.8. The van der Waals surface area contributed by atoms with E-state index < -0.39 is 0 Å². The second kappa shape index (κ2) is 22.5. The van der Waals surface area contributed by atoms with Crippen molar-refractivity contribution in [1.82, 2.24) is 4.90 Å². The Balaban J connectivity index is 0.00000544. The maximum Gasteiger partial charge on any atom is 0.169 e. The quantitative estimate of drug-likeness (QED) is 0.163. The minimum Gasteiger partial charge on any atom is -1.00 e. The van der Waals surface area contributed by atoms with Crippen LogP contribution >= 0.6 is 17.0 Å². The Hall–Kier alpha value is -0.970. The van der Waals surface area contributed by atoms with Crippen molar-refractivity contribution in [3.63, 3.8) is 0 Å². The van der Waals surface area contributed by atoms with E-state index in [4.69, 9.17) is 0 Å². The van der Waals surface area contributed by atoms with Crippen LogP contribution in [0.4, 0.5) is 0 Å². The van der Waals surface area contributed by atoms with Gasteiger partial charge >= 0.3 is 0 Å². The predicted molar refractivity (Wildman–Crippen MR) is 150 cm³/mol. The summed E-state index contributed by atoms with van der Waals surface area (Å²) in [6.45, 7) is 7.32. The molecule has 2 aromatic rings. The van der Waals surface area contributed by atoms with Crippen LogP contribution in [0.25, 0.3) is 6.08 Å². The fraction of sp³-hybridized carbons (Fsp3) is 0.567. The molecule has 0 fully saturated rings. The Labute approximate surface area is 231 Å². The first-order valence-corrected chi connectivity index (χ1v) is 13.1. The fourth-order valence-electron chi connectivity index (χ4n) is 4.34. The molecule has 0 radical (unpaired) electrons. The number of hydrogen-bond donors (Lipinski definition) is 0. The first kappa shape index (κ1) is 33.0. The maximum absolute atomic E-state index is 3.81. The molecular weight excluding hydrogens is 548 g/mol. The standard InChI is InChI=1S/C30H47N2.2BrH/c1-3-29-22-27-32(28-23-29)26-18-25-31(2)24-17-12-10-8-6-4-5-7-9-11-14-19-30-20-15-13-16-21-30;;/h3,13,15-16,20-23,27-28H,1,4-12,14,17-19,24-26H2,2H3;2*1H/q+1;;/p-1. The Kier molecular flexibility index (Phi) is 21.8. The molecule has 2 nitrogen and oxygen atoms in total. The third-order valence-corrected chi connectivity index (χ3v) is 6.46. The summed E-state index contributed by atoms with van der Waals surface area (Å²) >= 11 is 0. The maximum atomic E-state index is 3.81. The minimum atomic E-state index is 0. The number of unbranched alkanes of at least 4 members (excludes halogenated alkanes) is 10. The summed E-state index contributed by atoms with van der Waals surface area (Å²) in [6, 6.07) is 15.2. The van der Waals surface area contributed by atoms with Gasteiger partial charge in [0.15, 0.2) is 12.4 Å². The van der Waals surface area contributed by atoms with Crippen LogP contribution in [0.5, 0.6) is 0 Å². The minimum absolute atomic E-state index is 0. The zero-order valence-corrected chi connectivity index (χ0v) is 24.8. The van der Waals surface area contributed by atoms with Gasteiger partial charge in [0, 0.05) is 25.1 Å². The highest BCUT2D eigenvalue weighted by atomic mass is 79.9. The molecule has 0 bridgehead atoms. The van der Waals surface area contributed by atoms with Crippen LogP contribution in [-0.2, 0) is 13.0 Å². The molecule has 0 aliphatic rings. The van der Waals surface area contributed by atoms with E-state index in [1.807, 2.05) is 6.08 Å². The topological polar surface area (TPSA) is 7.12 Å². The van der Waals surface area contributed by atoms with E-state index in [0.29, 0.717) is 0 Å². The molecule has 0 aliphatic heterocycles. The highest BCUT2D eigenvalue weighted by Gasteiger charge is 2.03. The van der Waals surface area contributed by atoms with Crippen molar-refractivity contribution >= 4 is 23.1 Å². The Morgan fingerprint density at radius 2 is 1.21 bits per heavy atom. The van der Waals surface area contributed by atoms with Crippen LogP contribution in [0.3, 0.4) is 0 Å². The number of pyridine rings is 1. The van der Waals surface area contributed by atoms with Gasteiger partial charge in [-0.2, -0.15) is 0 Å². The molecule has 1 aromatic heterocycles. The van der Waals surface area contributed by atoms with Crippen LogP contribution < -0.4 is 21.5 Å². The summed E-state index contributed by atoms with van der Waals surface area (Å²) in [4.78, 5) is 2.50. The van der Waals surface area contributed by atoms with Crippen molar-refractivity contribution in [1.29, 1.82) is 0 Å². The summed E-state index contributed by atoms with van der Waals surface area (Å²) in [5.41, 5.74) is 2.68. The summed E-state index contributed by atoms with van der Waals surface area (Å²) in [5.74, 6) is 0. The molecule has 0 N–H and O–H groups in total. The van der Waals surface area contributed by atoms with Gasteiger partial charge in [0.05, 0.1) is 0 Å². The number of aromatic nitrogens is 1. The molecule has 0 amide bonds. The van der Waals surface area contributed by atoms with Crippen molar-refractivity contribution in [3.8, 4) is 0 Å². The summed E-state index contributed by atoms with van der Waals surface area (Å²) in [5, 5.41) is 0. The van der Waals surface area contributed by atoms with Gasteiger partial charge in [-0.05, 0) is 44.0 Å². The van der Waals surface area contributed by atoms with E-state index >= 15 is 0 Å². The van der Waals surface area contributed by atoms with Crippen LogP contribution in [0.15, 0.2) is 61.4 Å². The van der Waals surface area contributed by atoms with E-state index in [2.05, 4.69) is 78.0 Å². The van der Waals surface area contributed by atoms with Crippen LogP contribution in [0, 0.1) is 0 Å². The fourth-order valence-corrected chi connectivity index (χ4v) is 4.34. The van der Waals surface area contributed by atoms with Crippen molar-refractivity contribution in [2.24, 2.45) is 0 Å². The third kappa shape index (κ3) is 16.6. The molecule has 1 heterocycles. The number of rotatable bonds is 19. The molecule has 0 aliphatic carbocycles. The van der Waals surface area contributed by atoms with Crippen molar-refractivity contribution in [3.05, 3.63) is 72.6 Å². The number of nitrogens with zero attached hydrogens (tertiary/aromatic N) is 2. The van der Waals surface area contributed by atoms with Gasteiger partial charge in [-0.15, -0.1) is 17.0 Å². The average molecular weight is 597 g/mol. The van der Waals surface area contributed by atoms with E-state index in [1.165, 1.54) is 108 Å².